The van der Waals surface area contributed by atoms with Gasteiger partial charge in [0.25, 0.3) is 0 Å². The SMILES string of the molecule is CC1=CC(C)CC(C(O)CO)C1. The van der Waals surface area contributed by atoms with Gasteiger partial charge in [0.05, 0.1) is 12.7 Å². The van der Waals surface area contributed by atoms with E-state index in [1.165, 1.54) is 5.57 Å². The molecule has 2 nitrogen and oxygen atoms in total. The molecule has 3 unspecified atom stereocenters. The van der Waals surface area contributed by atoms with Crippen LogP contribution in [0.2, 0.25) is 0 Å². The summed E-state index contributed by atoms with van der Waals surface area (Å²) < 4.78 is 0. The van der Waals surface area contributed by atoms with E-state index in [0.29, 0.717) is 5.92 Å². The van der Waals surface area contributed by atoms with Crippen molar-refractivity contribution in [2.75, 3.05) is 6.61 Å². The average molecular weight is 170 g/mol. The zero-order valence-electron chi connectivity index (χ0n) is 7.83. The van der Waals surface area contributed by atoms with Gasteiger partial charge in [-0.2, -0.15) is 0 Å². The number of hydrogen-bond acceptors (Lipinski definition) is 2. The Labute approximate surface area is 73.9 Å². The van der Waals surface area contributed by atoms with Crippen LogP contribution in [0.1, 0.15) is 26.7 Å². The van der Waals surface area contributed by atoms with Crippen LogP contribution in [0.4, 0.5) is 0 Å². The fourth-order valence-electron chi connectivity index (χ4n) is 2.04. The van der Waals surface area contributed by atoms with Gasteiger partial charge in [0.1, 0.15) is 0 Å². The Morgan fingerprint density at radius 2 is 2.33 bits per heavy atom. The van der Waals surface area contributed by atoms with Gasteiger partial charge in [-0.1, -0.05) is 18.6 Å². The first-order chi connectivity index (χ1) is 5.63. The summed E-state index contributed by atoms with van der Waals surface area (Å²) in [5, 5.41) is 18.2. The number of aliphatic hydroxyl groups excluding tert-OH is 2. The number of rotatable bonds is 2. The molecule has 1 aliphatic carbocycles. The molecule has 12 heavy (non-hydrogen) atoms. The zero-order valence-corrected chi connectivity index (χ0v) is 7.83. The highest BCUT2D eigenvalue weighted by molar-refractivity contribution is 5.06. The summed E-state index contributed by atoms with van der Waals surface area (Å²) in [6.07, 6.45) is 3.65. The molecule has 0 aromatic carbocycles. The van der Waals surface area contributed by atoms with Crippen molar-refractivity contribution in [2.45, 2.75) is 32.8 Å². The first-order valence-electron chi connectivity index (χ1n) is 4.59. The topological polar surface area (TPSA) is 40.5 Å². The van der Waals surface area contributed by atoms with Crippen LogP contribution in [0.3, 0.4) is 0 Å². The second kappa shape index (κ2) is 4.06. The molecule has 0 bridgehead atoms. The minimum atomic E-state index is -0.531. The number of aliphatic hydroxyl groups is 2. The fourth-order valence-corrected chi connectivity index (χ4v) is 2.04. The predicted molar refractivity (Wildman–Crippen MR) is 48.7 cm³/mol. The molecule has 0 heterocycles. The standard InChI is InChI=1S/C10H18O2/c1-7-3-8(2)5-9(4-7)10(12)6-11/h3,7,9-12H,4-6H2,1-2H3. The van der Waals surface area contributed by atoms with Crippen molar-refractivity contribution in [1.29, 1.82) is 0 Å². The predicted octanol–water partition coefficient (Wildman–Crippen LogP) is 1.33. The molecule has 0 aliphatic heterocycles. The summed E-state index contributed by atoms with van der Waals surface area (Å²) in [5.41, 5.74) is 1.34. The molecule has 0 aromatic rings. The van der Waals surface area contributed by atoms with Gasteiger partial charge in [-0.15, -0.1) is 0 Å². The van der Waals surface area contributed by atoms with Crippen molar-refractivity contribution in [3.05, 3.63) is 11.6 Å². The monoisotopic (exact) mass is 170 g/mol. The maximum atomic E-state index is 9.44. The van der Waals surface area contributed by atoms with Crippen LogP contribution in [0.15, 0.2) is 11.6 Å². The van der Waals surface area contributed by atoms with Crippen molar-refractivity contribution in [3.8, 4) is 0 Å². The van der Waals surface area contributed by atoms with E-state index in [9.17, 15) is 5.11 Å². The maximum absolute atomic E-state index is 9.44. The van der Waals surface area contributed by atoms with Crippen molar-refractivity contribution >= 4 is 0 Å². The highest BCUT2D eigenvalue weighted by Crippen LogP contribution is 2.29. The summed E-state index contributed by atoms with van der Waals surface area (Å²) in [4.78, 5) is 0. The zero-order chi connectivity index (χ0) is 9.14. The molecule has 1 aliphatic rings. The Morgan fingerprint density at radius 1 is 1.67 bits per heavy atom. The number of hydrogen-bond donors (Lipinski definition) is 2. The second-order valence-corrected chi connectivity index (χ2v) is 3.94. The molecule has 0 radical (unpaired) electrons. The first kappa shape index (κ1) is 9.75. The average Bonchev–Trinajstić information content (AvgIpc) is 2.01. The normalized spacial score (nSPS) is 32.8. The molecule has 0 saturated carbocycles. The van der Waals surface area contributed by atoms with E-state index in [-0.39, 0.29) is 12.5 Å². The second-order valence-electron chi connectivity index (χ2n) is 3.94. The highest BCUT2D eigenvalue weighted by Gasteiger charge is 2.23. The van der Waals surface area contributed by atoms with Gasteiger partial charge in [-0.25, -0.2) is 0 Å². The third-order valence-corrected chi connectivity index (χ3v) is 2.56. The van der Waals surface area contributed by atoms with Crippen LogP contribution >= 0.6 is 0 Å². The van der Waals surface area contributed by atoms with Gasteiger partial charge in [0.2, 0.25) is 0 Å². The minimum Gasteiger partial charge on any atom is -0.394 e. The molecule has 0 amide bonds. The molecule has 0 saturated heterocycles. The van der Waals surface area contributed by atoms with Gasteiger partial charge >= 0.3 is 0 Å². The largest absolute Gasteiger partial charge is 0.394 e. The molecule has 2 heteroatoms. The molecule has 2 N–H and O–H groups in total. The molecule has 70 valence electrons. The van der Waals surface area contributed by atoms with E-state index in [2.05, 4.69) is 19.9 Å². The van der Waals surface area contributed by atoms with E-state index in [4.69, 9.17) is 5.11 Å². The quantitative estimate of drug-likeness (QED) is 0.614. The lowest BCUT2D eigenvalue weighted by Gasteiger charge is -2.28. The fraction of sp³-hybridized carbons (Fsp3) is 0.800. The minimum absolute atomic E-state index is 0.106. The lowest BCUT2D eigenvalue weighted by Crippen LogP contribution is -2.28. The van der Waals surface area contributed by atoms with Crippen LogP contribution in [-0.4, -0.2) is 22.9 Å². The Bertz CT molecular complexity index is 175. The van der Waals surface area contributed by atoms with Gasteiger partial charge in [0, 0.05) is 0 Å². The van der Waals surface area contributed by atoms with Crippen molar-refractivity contribution in [1.82, 2.24) is 0 Å². The Balaban J connectivity index is 2.55. The van der Waals surface area contributed by atoms with E-state index in [1.54, 1.807) is 0 Å². The van der Waals surface area contributed by atoms with E-state index < -0.39 is 6.10 Å². The summed E-state index contributed by atoms with van der Waals surface area (Å²) in [6.45, 7) is 4.14. The summed E-state index contributed by atoms with van der Waals surface area (Å²) in [6, 6.07) is 0. The van der Waals surface area contributed by atoms with Gasteiger partial charge < -0.3 is 10.2 Å². The summed E-state index contributed by atoms with van der Waals surface area (Å²) >= 11 is 0. The Morgan fingerprint density at radius 3 is 2.83 bits per heavy atom. The number of allylic oxidation sites excluding steroid dienone is 2. The van der Waals surface area contributed by atoms with Crippen molar-refractivity contribution in [2.24, 2.45) is 11.8 Å². The van der Waals surface area contributed by atoms with Crippen LogP contribution in [0, 0.1) is 11.8 Å². The van der Waals surface area contributed by atoms with Crippen LogP contribution in [0.5, 0.6) is 0 Å². The van der Waals surface area contributed by atoms with Crippen molar-refractivity contribution < 1.29 is 10.2 Å². The maximum Gasteiger partial charge on any atom is 0.0802 e. The molecule has 0 aromatic heterocycles. The Kier molecular flexibility index (Phi) is 3.29. The van der Waals surface area contributed by atoms with Gasteiger partial charge in [-0.3, -0.25) is 0 Å². The highest BCUT2D eigenvalue weighted by atomic mass is 16.3. The smallest absolute Gasteiger partial charge is 0.0802 e. The van der Waals surface area contributed by atoms with Gasteiger partial charge in [-0.05, 0) is 31.6 Å². The Hall–Kier alpha value is -0.340. The van der Waals surface area contributed by atoms with E-state index in [1.807, 2.05) is 0 Å². The third kappa shape index (κ3) is 2.32. The first-order valence-corrected chi connectivity index (χ1v) is 4.59. The van der Waals surface area contributed by atoms with Crippen LogP contribution in [-0.2, 0) is 0 Å². The van der Waals surface area contributed by atoms with Crippen LogP contribution in [0.25, 0.3) is 0 Å². The van der Waals surface area contributed by atoms with Crippen molar-refractivity contribution in [3.63, 3.8) is 0 Å². The summed E-state index contributed by atoms with van der Waals surface area (Å²) in [7, 11) is 0. The van der Waals surface area contributed by atoms with Crippen LogP contribution < -0.4 is 0 Å². The third-order valence-electron chi connectivity index (χ3n) is 2.56. The molecular formula is C10H18O2. The summed E-state index contributed by atoms with van der Waals surface area (Å²) in [5.74, 6) is 0.806. The molecule has 0 spiro atoms. The lowest BCUT2D eigenvalue weighted by atomic mass is 9.81. The lowest BCUT2D eigenvalue weighted by molar-refractivity contribution is 0.0379. The molecule has 1 rings (SSSR count). The van der Waals surface area contributed by atoms with E-state index >= 15 is 0 Å². The molecule has 3 atom stereocenters. The molecule has 0 fully saturated rings. The van der Waals surface area contributed by atoms with Gasteiger partial charge in [0.15, 0.2) is 0 Å². The van der Waals surface area contributed by atoms with E-state index in [0.717, 1.165) is 12.8 Å². The molecular weight excluding hydrogens is 152 g/mol.